The zero-order valence-corrected chi connectivity index (χ0v) is 14.5. The molecule has 9 heteroatoms. The molecule has 0 N–H and O–H groups in total. The first kappa shape index (κ1) is 16.6. The third-order valence-corrected chi connectivity index (χ3v) is 6.55. The van der Waals surface area contributed by atoms with Crippen molar-refractivity contribution in [3.8, 4) is 5.88 Å². The van der Waals surface area contributed by atoms with Crippen molar-refractivity contribution in [1.82, 2.24) is 14.3 Å². The van der Waals surface area contributed by atoms with Gasteiger partial charge in [-0.1, -0.05) is 0 Å². The summed E-state index contributed by atoms with van der Waals surface area (Å²) in [6, 6.07) is 1.93. The summed E-state index contributed by atoms with van der Waals surface area (Å²) in [5, 5.41) is 1.96. The molecule has 0 unspecified atom stereocenters. The number of piperidine rings is 1. The van der Waals surface area contributed by atoms with Gasteiger partial charge in [-0.2, -0.15) is 0 Å². The molecule has 0 aliphatic carbocycles. The van der Waals surface area contributed by atoms with Gasteiger partial charge in [-0.3, -0.25) is 0 Å². The predicted octanol–water partition coefficient (Wildman–Crippen LogP) is 1.51. The lowest BCUT2D eigenvalue weighted by atomic mass is 10.1. The minimum Gasteiger partial charge on any atom is -0.473 e. The quantitative estimate of drug-likeness (QED) is 0.779. The van der Waals surface area contributed by atoms with Crippen molar-refractivity contribution in [3.63, 3.8) is 0 Å². The lowest BCUT2D eigenvalue weighted by Gasteiger charge is -2.31. The summed E-state index contributed by atoms with van der Waals surface area (Å²) in [4.78, 5) is 8.40. The molecule has 2 aromatic heterocycles. The van der Waals surface area contributed by atoms with Crippen molar-refractivity contribution in [2.24, 2.45) is 0 Å². The Hall–Kier alpha value is -1.29. The highest BCUT2D eigenvalue weighted by molar-refractivity contribution is 7.89. The van der Waals surface area contributed by atoms with Gasteiger partial charge in [-0.05, 0) is 24.3 Å². The van der Waals surface area contributed by atoms with Crippen LogP contribution in [0.25, 0.3) is 10.2 Å². The van der Waals surface area contributed by atoms with Crippen LogP contribution in [0.1, 0.15) is 12.8 Å². The van der Waals surface area contributed by atoms with Crippen molar-refractivity contribution in [2.45, 2.75) is 18.9 Å². The summed E-state index contributed by atoms with van der Waals surface area (Å²) >= 11 is 1.55. The summed E-state index contributed by atoms with van der Waals surface area (Å²) in [6.07, 6.45) is 2.78. The molecule has 2 aromatic rings. The Morgan fingerprint density at radius 1 is 1.35 bits per heavy atom. The molecule has 3 rings (SSSR count). The van der Waals surface area contributed by atoms with Crippen LogP contribution in [-0.2, 0) is 14.8 Å². The zero-order chi connectivity index (χ0) is 16.3. The fourth-order valence-electron chi connectivity index (χ4n) is 2.55. The molecule has 126 valence electrons. The van der Waals surface area contributed by atoms with Gasteiger partial charge in [0.05, 0.1) is 17.9 Å². The Kier molecular flexibility index (Phi) is 5.10. The van der Waals surface area contributed by atoms with E-state index in [0.29, 0.717) is 31.8 Å². The topological polar surface area (TPSA) is 81.6 Å². The molecule has 3 heterocycles. The molecule has 0 bridgehead atoms. The van der Waals surface area contributed by atoms with E-state index in [9.17, 15) is 8.42 Å². The Bertz CT molecular complexity index is 754. The average molecular weight is 357 g/mol. The molecule has 1 aliphatic heterocycles. The number of hydrogen-bond donors (Lipinski definition) is 0. The summed E-state index contributed by atoms with van der Waals surface area (Å²) < 4.78 is 37.6. The van der Waals surface area contributed by atoms with Crippen LogP contribution < -0.4 is 4.74 Å². The van der Waals surface area contributed by atoms with Gasteiger partial charge in [-0.15, -0.1) is 11.3 Å². The number of rotatable bonds is 6. The van der Waals surface area contributed by atoms with E-state index >= 15 is 0 Å². The van der Waals surface area contributed by atoms with Gasteiger partial charge in [0.25, 0.3) is 0 Å². The van der Waals surface area contributed by atoms with Crippen molar-refractivity contribution in [1.29, 1.82) is 0 Å². The van der Waals surface area contributed by atoms with E-state index in [4.69, 9.17) is 9.47 Å². The molecular formula is C14H19N3O4S2. The van der Waals surface area contributed by atoms with E-state index in [1.165, 1.54) is 17.7 Å². The SMILES string of the molecule is COCCS(=O)(=O)N1CCC(Oc2ncnc3ccsc23)CC1. The van der Waals surface area contributed by atoms with Crippen LogP contribution in [0, 0.1) is 0 Å². The zero-order valence-electron chi connectivity index (χ0n) is 12.8. The normalized spacial score (nSPS) is 17.6. The maximum absolute atomic E-state index is 12.1. The fourth-order valence-corrected chi connectivity index (χ4v) is 4.73. The molecule has 7 nitrogen and oxygen atoms in total. The van der Waals surface area contributed by atoms with Gasteiger partial charge in [0.1, 0.15) is 17.1 Å². The summed E-state index contributed by atoms with van der Waals surface area (Å²) in [7, 11) is -1.74. The van der Waals surface area contributed by atoms with Gasteiger partial charge in [-0.25, -0.2) is 22.7 Å². The minimum absolute atomic E-state index is 0.0240. The number of sulfonamides is 1. The Labute approximate surface area is 139 Å². The standard InChI is InChI=1S/C14H19N3O4S2/c1-20-7-9-23(18,19)17-5-2-11(3-6-17)21-14-13-12(4-8-22-13)15-10-16-14/h4,8,10-11H,2-3,5-7,9H2,1H3. The average Bonchev–Trinajstić information content (AvgIpc) is 3.03. The van der Waals surface area contributed by atoms with E-state index in [1.54, 1.807) is 11.3 Å². The van der Waals surface area contributed by atoms with Crippen LogP contribution in [0.4, 0.5) is 0 Å². The molecule has 0 amide bonds. The van der Waals surface area contributed by atoms with E-state index in [2.05, 4.69) is 9.97 Å². The lowest BCUT2D eigenvalue weighted by Crippen LogP contribution is -2.43. The number of thiophene rings is 1. The molecule has 0 spiro atoms. The Morgan fingerprint density at radius 2 is 2.13 bits per heavy atom. The van der Waals surface area contributed by atoms with E-state index in [1.807, 2.05) is 11.4 Å². The highest BCUT2D eigenvalue weighted by atomic mass is 32.2. The number of methoxy groups -OCH3 is 1. The molecular weight excluding hydrogens is 338 g/mol. The molecule has 23 heavy (non-hydrogen) atoms. The summed E-state index contributed by atoms with van der Waals surface area (Å²) in [5.41, 5.74) is 0.875. The molecule has 0 atom stereocenters. The third kappa shape index (κ3) is 3.79. The van der Waals surface area contributed by atoms with Crippen molar-refractivity contribution in [2.75, 3.05) is 32.6 Å². The van der Waals surface area contributed by atoms with Crippen LogP contribution >= 0.6 is 11.3 Å². The van der Waals surface area contributed by atoms with Crippen LogP contribution in [0.15, 0.2) is 17.8 Å². The number of nitrogens with zero attached hydrogens (tertiary/aromatic N) is 3. The first-order chi connectivity index (χ1) is 11.1. The summed E-state index contributed by atoms with van der Waals surface area (Å²) in [5.74, 6) is 0.613. The second-order valence-electron chi connectivity index (χ2n) is 5.34. The maximum atomic E-state index is 12.1. The number of fused-ring (bicyclic) bond motifs is 1. The minimum atomic E-state index is -3.24. The molecule has 1 fully saturated rings. The monoisotopic (exact) mass is 357 g/mol. The van der Waals surface area contributed by atoms with Crippen molar-refractivity contribution in [3.05, 3.63) is 17.8 Å². The third-order valence-electron chi connectivity index (χ3n) is 3.83. The Morgan fingerprint density at radius 3 is 2.87 bits per heavy atom. The maximum Gasteiger partial charge on any atom is 0.235 e. The van der Waals surface area contributed by atoms with Gasteiger partial charge in [0.2, 0.25) is 15.9 Å². The highest BCUT2D eigenvalue weighted by Gasteiger charge is 2.29. The van der Waals surface area contributed by atoms with Crippen molar-refractivity contribution >= 4 is 31.6 Å². The first-order valence-corrected chi connectivity index (χ1v) is 9.90. The van der Waals surface area contributed by atoms with Crippen LogP contribution in [0.3, 0.4) is 0 Å². The van der Waals surface area contributed by atoms with E-state index in [0.717, 1.165) is 10.2 Å². The van der Waals surface area contributed by atoms with Crippen LogP contribution in [0.5, 0.6) is 5.88 Å². The second-order valence-corrected chi connectivity index (χ2v) is 8.34. The van der Waals surface area contributed by atoms with Gasteiger partial charge < -0.3 is 9.47 Å². The Balaban J connectivity index is 1.60. The fraction of sp³-hybridized carbons (Fsp3) is 0.571. The number of aromatic nitrogens is 2. The second kappa shape index (κ2) is 7.08. The van der Waals surface area contributed by atoms with Gasteiger partial charge >= 0.3 is 0 Å². The highest BCUT2D eigenvalue weighted by Crippen LogP contribution is 2.29. The largest absolute Gasteiger partial charge is 0.473 e. The lowest BCUT2D eigenvalue weighted by molar-refractivity contribution is 0.131. The first-order valence-electron chi connectivity index (χ1n) is 7.42. The predicted molar refractivity (Wildman–Crippen MR) is 88.3 cm³/mol. The molecule has 1 saturated heterocycles. The van der Waals surface area contributed by atoms with Crippen LogP contribution in [-0.4, -0.2) is 61.4 Å². The number of ether oxygens (including phenoxy) is 2. The molecule has 0 radical (unpaired) electrons. The molecule has 1 aliphatic rings. The van der Waals surface area contributed by atoms with Gasteiger partial charge in [0, 0.05) is 20.2 Å². The molecule has 0 saturated carbocycles. The van der Waals surface area contributed by atoms with E-state index in [-0.39, 0.29) is 18.5 Å². The smallest absolute Gasteiger partial charge is 0.235 e. The number of hydrogen-bond acceptors (Lipinski definition) is 7. The summed E-state index contributed by atoms with van der Waals surface area (Å²) in [6.45, 7) is 1.15. The van der Waals surface area contributed by atoms with Crippen molar-refractivity contribution < 1.29 is 17.9 Å². The van der Waals surface area contributed by atoms with Crippen LogP contribution in [0.2, 0.25) is 0 Å². The van der Waals surface area contributed by atoms with E-state index < -0.39 is 10.0 Å². The molecule has 0 aromatic carbocycles. The van der Waals surface area contributed by atoms with Gasteiger partial charge in [0.15, 0.2) is 0 Å².